The van der Waals surface area contributed by atoms with Crippen LogP contribution in [0, 0.1) is 0 Å². The summed E-state index contributed by atoms with van der Waals surface area (Å²) in [6.45, 7) is 0. The van der Waals surface area contributed by atoms with Gasteiger partial charge in [-0.05, 0) is 0 Å². The van der Waals surface area contributed by atoms with Gasteiger partial charge in [0.05, 0.1) is 5.03 Å². The van der Waals surface area contributed by atoms with Gasteiger partial charge in [0.25, 0.3) is 0 Å². The number of nitrogens with two attached hydrogens (primary N) is 1. The fourth-order valence-corrected chi connectivity index (χ4v) is 0.864. The minimum atomic E-state index is -1.27. The van der Waals surface area contributed by atoms with Gasteiger partial charge in [-0.25, -0.2) is 0 Å². The molecular formula is C5H4Cl3NO2. The molecule has 0 bridgehead atoms. The van der Waals surface area contributed by atoms with E-state index in [0.717, 1.165) is 6.08 Å². The van der Waals surface area contributed by atoms with Gasteiger partial charge >= 0.3 is 0 Å². The third kappa shape index (κ3) is 4.24. The van der Waals surface area contributed by atoms with Crippen molar-refractivity contribution in [2.75, 3.05) is 0 Å². The van der Waals surface area contributed by atoms with E-state index in [1.54, 1.807) is 0 Å². The predicted molar refractivity (Wildman–Crippen MR) is 43.6 cm³/mol. The van der Waals surface area contributed by atoms with Crippen molar-refractivity contribution in [2.45, 2.75) is 4.84 Å². The second kappa shape index (κ2) is 4.59. The standard InChI is InChI=1S/C5H4Cl3NO2/c6-2(1-3(9)10)4(11)5(7)8/h1,5H,(H2,9,10)/b2-1-. The summed E-state index contributed by atoms with van der Waals surface area (Å²) in [5.41, 5.74) is 4.69. The molecule has 1 amide bonds. The van der Waals surface area contributed by atoms with E-state index in [2.05, 4.69) is 0 Å². The van der Waals surface area contributed by atoms with Crippen LogP contribution in [-0.2, 0) is 9.59 Å². The molecule has 0 atom stereocenters. The van der Waals surface area contributed by atoms with E-state index in [9.17, 15) is 9.59 Å². The Morgan fingerprint density at radius 1 is 1.36 bits per heavy atom. The summed E-state index contributed by atoms with van der Waals surface area (Å²) in [6, 6.07) is 0. The number of carbonyl (C=O) groups excluding carboxylic acids is 2. The van der Waals surface area contributed by atoms with Crippen molar-refractivity contribution in [3.8, 4) is 0 Å². The molecule has 0 aromatic rings. The number of ketones is 1. The van der Waals surface area contributed by atoms with Crippen LogP contribution in [0.2, 0.25) is 0 Å². The molecular weight excluding hydrogens is 212 g/mol. The average Bonchev–Trinajstić information content (AvgIpc) is 1.84. The Morgan fingerprint density at radius 2 is 1.82 bits per heavy atom. The first-order valence-electron chi connectivity index (χ1n) is 2.44. The van der Waals surface area contributed by atoms with Gasteiger partial charge in [0.15, 0.2) is 4.84 Å². The Balaban J connectivity index is 4.36. The van der Waals surface area contributed by atoms with E-state index in [1.807, 2.05) is 0 Å². The molecule has 0 aliphatic rings. The number of allylic oxidation sites excluding steroid dienone is 1. The van der Waals surface area contributed by atoms with Crippen LogP contribution in [-0.4, -0.2) is 16.5 Å². The summed E-state index contributed by atoms with van der Waals surface area (Å²) in [5, 5.41) is -0.368. The molecule has 2 N–H and O–H groups in total. The summed E-state index contributed by atoms with van der Waals surface area (Å²) in [4.78, 5) is 19.6. The molecule has 0 saturated carbocycles. The second-order valence-electron chi connectivity index (χ2n) is 1.56. The minimum Gasteiger partial charge on any atom is -0.366 e. The maximum Gasteiger partial charge on any atom is 0.243 e. The van der Waals surface area contributed by atoms with Crippen molar-refractivity contribution in [2.24, 2.45) is 5.73 Å². The van der Waals surface area contributed by atoms with Gasteiger partial charge in [-0.15, -0.1) is 0 Å². The van der Waals surface area contributed by atoms with Crippen LogP contribution in [0.3, 0.4) is 0 Å². The quantitative estimate of drug-likeness (QED) is 0.564. The molecule has 0 spiro atoms. The molecule has 0 unspecified atom stereocenters. The topological polar surface area (TPSA) is 60.2 Å². The van der Waals surface area contributed by atoms with Gasteiger partial charge in [0.1, 0.15) is 0 Å². The second-order valence-corrected chi connectivity index (χ2v) is 3.06. The van der Waals surface area contributed by atoms with Crippen molar-refractivity contribution in [1.82, 2.24) is 0 Å². The number of hydrogen-bond donors (Lipinski definition) is 1. The summed E-state index contributed by atoms with van der Waals surface area (Å²) in [5.74, 6) is -1.56. The van der Waals surface area contributed by atoms with Crippen molar-refractivity contribution in [1.29, 1.82) is 0 Å². The number of alkyl halides is 2. The van der Waals surface area contributed by atoms with Gasteiger partial charge in [0, 0.05) is 6.08 Å². The zero-order valence-electron chi connectivity index (χ0n) is 5.18. The van der Waals surface area contributed by atoms with Crippen molar-refractivity contribution >= 4 is 46.5 Å². The first kappa shape index (κ1) is 10.8. The zero-order chi connectivity index (χ0) is 9.02. The van der Waals surface area contributed by atoms with E-state index in [4.69, 9.17) is 40.5 Å². The van der Waals surface area contributed by atoms with Crippen molar-refractivity contribution in [3.05, 3.63) is 11.1 Å². The van der Waals surface area contributed by atoms with Gasteiger partial charge < -0.3 is 5.73 Å². The molecule has 0 aliphatic heterocycles. The fourth-order valence-electron chi connectivity index (χ4n) is 0.300. The maximum absolute atomic E-state index is 10.7. The van der Waals surface area contributed by atoms with Gasteiger partial charge in [-0.3, -0.25) is 9.59 Å². The summed E-state index contributed by atoms with van der Waals surface area (Å²) in [6.07, 6.45) is 0.752. The molecule has 11 heavy (non-hydrogen) atoms. The van der Waals surface area contributed by atoms with E-state index in [1.165, 1.54) is 0 Å². The number of hydrogen-bond acceptors (Lipinski definition) is 2. The lowest BCUT2D eigenvalue weighted by atomic mass is 10.3. The molecule has 0 aromatic heterocycles. The summed E-state index contributed by atoms with van der Waals surface area (Å²) < 4.78 is 0. The number of halogens is 3. The lowest BCUT2D eigenvalue weighted by molar-refractivity contribution is -0.115. The zero-order valence-corrected chi connectivity index (χ0v) is 7.45. The molecule has 0 aliphatic carbocycles. The Kier molecular flexibility index (Phi) is 4.49. The molecule has 62 valence electrons. The third-order valence-electron chi connectivity index (χ3n) is 0.703. The highest BCUT2D eigenvalue weighted by Gasteiger charge is 2.15. The molecule has 0 saturated heterocycles. The number of amides is 1. The van der Waals surface area contributed by atoms with Gasteiger partial charge in [0.2, 0.25) is 11.7 Å². The van der Waals surface area contributed by atoms with E-state index >= 15 is 0 Å². The fraction of sp³-hybridized carbons (Fsp3) is 0.200. The Bertz CT molecular complexity index is 212. The number of primary amides is 1. The smallest absolute Gasteiger partial charge is 0.243 e. The van der Waals surface area contributed by atoms with Crippen LogP contribution < -0.4 is 5.73 Å². The maximum atomic E-state index is 10.7. The van der Waals surface area contributed by atoms with E-state index in [0.29, 0.717) is 0 Å². The Labute approximate surface area is 78.1 Å². The van der Waals surface area contributed by atoms with Gasteiger partial charge in [-0.2, -0.15) is 0 Å². The number of carbonyl (C=O) groups is 2. The van der Waals surface area contributed by atoms with Crippen LogP contribution in [0.1, 0.15) is 0 Å². The van der Waals surface area contributed by atoms with Crippen LogP contribution in [0.5, 0.6) is 0 Å². The number of Topliss-reactive ketones (excluding diaryl/α,β-unsaturated/α-hetero) is 1. The summed E-state index contributed by atoms with van der Waals surface area (Å²) in [7, 11) is 0. The normalized spacial score (nSPS) is 11.8. The van der Waals surface area contributed by atoms with Crippen molar-refractivity contribution in [3.63, 3.8) is 0 Å². The van der Waals surface area contributed by atoms with E-state index < -0.39 is 16.5 Å². The molecule has 0 fully saturated rings. The van der Waals surface area contributed by atoms with Crippen LogP contribution in [0.15, 0.2) is 11.1 Å². The highest BCUT2D eigenvalue weighted by molar-refractivity contribution is 6.60. The molecule has 3 nitrogen and oxygen atoms in total. The first-order valence-corrected chi connectivity index (χ1v) is 3.69. The monoisotopic (exact) mass is 215 g/mol. The highest BCUT2D eigenvalue weighted by atomic mass is 35.5. The Hall–Kier alpha value is -0.250. The van der Waals surface area contributed by atoms with Crippen LogP contribution >= 0.6 is 34.8 Å². The van der Waals surface area contributed by atoms with Crippen LogP contribution in [0.25, 0.3) is 0 Å². The number of rotatable bonds is 3. The molecule has 0 radical (unpaired) electrons. The largest absolute Gasteiger partial charge is 0.366 e. The minimum absolute atomic E-state index is 0.368. The SMILES string of the molecule is NC(=O)/C=C(\Cl)C(=O)C(Cl)Cl. The average molecular weight is 216 g/mol. The first-order chi connectivity index (χ1) is 4.95. The lowest BCUT2D eigenvalue weighted by Gasteiger charge is -1.95. The molecule has 0 rings (SSSR count). The highest BCUT2D eigenvalue weighted by Crippen LogP contribution is 2.12. The lowest BCUT2D eigenvalue weighted by Crippen LogP contribution is -2.12. The molecule has 0 heterocycles. The van der Waals surface area contributed by atoms with Crippen molar-refractivity contribution < 1.29 is 9.59 Å². The Morgan fingerprint density at radius 3 is 2.09 bits per heavy atom. The third-order valence-corrected chi connectivity index (χ3v) is 1.39. The van der Waals surface area contributed by atoms with E-state index in [-0.39, 0.29) is 5.03 Å². The summed E-state index contributed by atoms with van der Waals surface area (Å²) >= 11 is 15.6. The molecule has 6 heteroatoms. The molecule has 0 aromatic carbocycles. The van der Waals surface area contributed by atoms with Gasteiger partial charge in [-0.1, -0.05) is 34.8 Å². The van der Waals surface area contributed by atoms with Crippen LogP contribution in [0.4, 0.5) is 0 Å². The predicted octanol–water partition coefficient (Wildman–Crippen LogP) is 0.967.